The van der Waals surface area contributed by atoms with E-state index < -0.39 is 0 Å². The van der Waals surface area contributed by atoms with Crippen LogP contribution in [0.1, 0.15) is 42.3 Å². The molecule has 116 valence electrons. The second-order valence-corrected chi connectivity index (χ2v) is 6.49. The lowest BCUT2D eigenvalue weighted by molar-refractivity contribution is -0.126. The number of hydrogen-bond acceptors (Lipinski definition) is 4. The molecule has 2 rings (SSSR count). The van der Waals surface area contributed by atoms with Gasteiger partial charge >= 0.3 is 0 Å². The quantitative estimate of drug-likeness (QED) is 0.867. The van der Waals surface area contributed by atoms with Gasteiger partial charge in [0.15, 0.2) is 0 Å². The van der Waals surface area contributed by atoms with Crippen LogP contribution in [0.3, 0.4) is 0 Å². The molecule has 1 aromatic heterocycles. The summed E-state index contributed by atoms with van der Waals surface area (Å²) in [4.78, 5) is 27.2. The van der Waals surface area contributed by atoms with Crippen LogP contribution in [0.25, 0.3) is 0 Å². The minimum absolute atomic E-state index is 0.0305. The molecule has 5 nitrogen and oxygen atoms in total. The number of nitrogens with two attached hydrogens (primary N) is 1. The third-order valence-electron chi connectivity index (χ3n) is 3.70. The van der Waals surface area contributed by atoms with Crippen molar-refractivity contribution in [3.8, 4) is 0 Å². The Hall–Kier alpha value is -1.40. The summed E-state index contributed by atoms with van der Waals surface area (Å²) >= 11 is 1.42. The van der Waals surface area contributed by atoms with Gasteiger partial charge in [0.25, 0.3) is 5.91 Å². The highest BCUT2D eigenvalue weighted by atomic mass is 32.1. The molecule has 2 atom stereocenters. The van der Waals surface area contributed by atoms with Gasteiger partial charge in [0.05, 0.1) is 4.88 Å². The Balaban J connectivity index is 1.98. The largest absolute Gasteiger partial charge is 0.354 e. The molecular formula is C15H23N3O2S. The Morgan fingerprint density at radius 2 is 2.33 bits per heavy atom. The summed E-state index contributed by atoms with van der Waals surface area (Å²) in [6, 6.07) is 3.40. The number of thiophene rings is 1. The smallest absolute Gasteiger partial charge is 0.264 e. The van der Waals surface area contributed by atoms with E-state index >= 15 is 0 Å². The van der Waals surface area contributed by atoms with Crippen LogP contribution in [-0.2, 0) is 4.79 Å². The Labute approximate surface area is 129 Å². The maximum atomic E-state index is 12.5. The predicted molar refractivity (Wildman–Crippen MR) is 84.3 cm³/mol. The zero-order valence-corrected chi connectivity index (χ0v) is 13.2. The maximum Gasteiger partial charge on any atom is 0.264 e. The molecule has 1 saturated heterocycles. The van der Waals surface area contributed by atoms with Gasteiger partial charge < -0.3 is 16.0 Å². The topological polar surface area (TPSA) is 75.4 Å². The first kappa shape index (κ1) is 16.0. The van der Waals surface area contributed by atoms with Gasteiger partial charge in [-0.1, -0.05) is 6.07 Å². The standard InChI is InChI=1S/C15H23N3O2S/c1-11(16)7-8-17-14(19)12-5-2-3-9-18(12)15(20)13-6-4-10-21-13/h4,6,10-12H,2-3,5,7-9,16H2,1H3,(H,17,19). The average Bonchev–Trinajstić information content (AvgIpc) is 3.00. The van der Waals surface area contributed by atoms with Crippen LogP contribution in [0.2, 0.25) is 0 Å². The molecule has 3 N–H and O–H groups in total. The summed E-state index contributed by atoms with van der Waals surface area (Å²) in [6.07, 6.45) is 3.43. The highest BCUT2D eigenvalue weighted by Crippen LogP contribution is 2.21. The van der Waals surface area contributed by atoms with Crippen molar-refractivity contribution < 1.29 is 9.59 Å². The highest BCUT2D eigenvalue weighted by molar-refractivity contribution is 7.12. The third-order valence-corrected chi connectivity index (χ3v) is 4.56. The summed E-state index contributed by atoms with van der Waals surface area (Å²) in [5.74, 6) is -0.0858. The van der Waals surface area contributed by atoms with E-state index in [1.54, 1.807) is 4.90 Å². The molecule has 0 saturated carbocycles. The summed E-state index contributed by atoms with van der Waals surface area (Å²) in [6.45, 7) is 3.13. The normalized spacial score (nSPS) is 20.1. The number of piperidine rings is 1. The van der Waals surface area contributed by atoms with Crippen molar-refractivity contribution >= 4 is 23.2 Å². The Kier molecular flexibility index (Phi) is 5.76. The minimum atomic E-state index is -0.346. The third kappa shape index (κ3) is 4.28. The monoisotopic (exact) mass is 309 g/mol. The van der Waals surface area contributed by atoms with Crippen LogP contribution in [0.5, 0.6) is 0 Å². The number of carbonyl (C=O) groups excluding carboxylic acids is 2. The van der Waals surface area contributed by atoms with Crippen molar-refractivity contribution in [2.24, 2.45) is 5.73 Å². The number of nitrogens with one attached hydrogen (secondary N) is 1. The average molecular weight is 309 g/mol. The van der Waals surface area contributed by atoms with E-state index in [4.69, 9.17) is 5.73 Å². The van der Waals surface area contributed by atoms with E-state index in [-0.39, 0.29) is 23.9 Å². The van der Waals surface area contributed by atoms with E-state index in [1.165, 1.54) is 11.3 Å². The Morgan fingerprint density at radius 3 is 3.00 bits per heavy atom. The van der Waals surface area contributed by atoms with Crippen molar-refractivity contribution in [3.63, 3.8) is 0 Å². The number of nitrogens with zero attached hydrogens (tertiary/aromatic N) is 1. The molecule has 21 heavy (non-hydrogen) atoms. The van der Waals surface area contributed by atoms with Crippen molar-refractivity contribution in [1.82, 2.24) is 10.2 Å². The fourth-order valence-corrected chi connectivity index (χ4v) is 3.21. The fourth-order valence-electron chi connectivity index (χ4n) is 2.53. The number of likely N-dealkylation sites (tertiary alicyclic amines) is 1. The second-order valence-electron chi connectivity index (χ2n) is 5.54. The molecule has 1 aromatic rings. The minimum Gasteiger partial charge on any atom is -0.354 e. The Morgan fingerprint density at radius 1 is 1.52 bits per heavy atom. The fraction of sp³-hybridized carbons (Fsp3) is 0.600. The van der Waals surface area contributed by atoms with E-state index in [9.17, 15) is 9.59 Å². The molecule has 2 heterocycles. The SMILES string of the molecule is CC(N)CCNC(=O)C1CCCCN1C(=O)c1cccs1. The van der Waals surface area contributed by atoms with E-state index in [0.29, 0.717) is 18.0 Å². The number of rotatable bonds is 5. The molecule has 1 aliphatic heterocycles. The van der Waals surface area contributed by atoms with E-state index in [2.05, 4.69) is 5.32 Å². The number of carbonyl (C=O) groups is 2. The van der Waals surface area contributed by atoms with Crippen molar-refractivity contribution in [2.45, 2.75) is 44.7 Å². The summed E-state index contributed by atoms with van der Waals surface area (Å²) in [5.41, 5.74) is 5.68. The highest BCUT2D eigenvalue weighted by Gasteiger charge is 2.32. The molecule has 2 unspecified atom stereocenters. The summed E-state index contributed by atoms with van der Waals surface area (Å²) in [7, 11) is 0. The molecule has 6 heteroatoms. The van der Waals surface area contributed by atoms with Crippen LogP contribution in [0, 0.1) is 0 Å². The van der Waals surface area contributed by atoms with Gasteiger partial charge in [0.1, 0.15) is 6.04 Å². The van der Waals surface area contributed by atoms with Gasteiger partial charge in [-0.2, -0.15) is 0 Å². The van der Waals surface area contributed by atoms with Gasteiger partial charge in [-0.25, -0.2) is 0 Å². The lowest BCUT2D eigenvalue weighted by Crippen LogP contribution is -2.52. The second kappa shape index (κ2) is 7.56. The molecule has 1 fully saturated rings. The van der Waals surface area contributed by atoms with Crippen molar-refractivity contribution in [1.29, 1.82) is 0 Å². The maximum absolute atomic E-state index is 12.5. The van der Waals surface area contributed by atoms with Crippen LogP contribution in [0.15, 0.2) is 17.5 Å². The lowest BCUT2D eigenvalue weighted by atomic mass is 10.0. The molecule has 0 aromatic carbocycles. The van der Waals surface area contributed by atoms with Crippen LogP contribution < -0.4 is 11.1 Å². The van der Waals surface area contributed by atoms with E-state index in [1.807, 2.05) is 24.4 Å². The number of hydrogen-bond donors (Lipinski definition) is 2. The van der Waals surface area contributed by atoms with Gasteiger partial charge in [0.2, 0.25) is 5.91 Å². The van der Waals surface area contributed by atoms with Crippen LogP contribution >= 0.6 is 11.3 Å². The van der Waals surface area contributed by atoms with Crippen LogP contribution in [0.4, 0.5) is 0 Å². The van der Waals surface area contributed by atoms with Gasteiger partial charge in [-0.15, -0.1) is 11.3 Å². The first-order chi connectivity index (χ1) is 10.1. The summed E-state index contributed by atoms with van der Waals surface area (Å²) < 4.78 is 0. The first-order valence-electron chi connectivity index (χ1n) is 7.47. The first-order valence-corrected chi connectivity index (χ1v) is 8.35. The van der Waals surface area contributed by atoms with Gasteiger partial charge in [-0.3, -0.25) is 9.59 Å². The Bertz CT molecular complexity index is 473. The zero-order valence-electron chi connectivity index (χ0n) is 12.4. The number of amides is 2. The molecular weight excluding hydrogens is 286 g/mol. The van der Waals surface area contributed by atoms with Crippen molar-refractivity contribution in [2.75, 3.05) is 13.1 Å². The predicted octanol–water partition coefficient (Wildman–Crippen LogP) is 1.60. The molecule has 1 aliphatic rings. The molecule has 0 radical (unpaired) electrons. The lowest BCUT2D eigenvalue weighted by Gasteiger charge is -2.34. The molecule has 0 aliphatic carbocycles. The van der Waals surface area contributed by atoms with Crippen LogP contribution in [-0.4, -0.2) is 41.9 Å². The molecule has 0 bridgehead atoms. The van der Waals surface area contributed by atoms with Gasteiger partial charge in [-0.05, 0) is 44.1 Å². The van der Waals surface area contributed by atoms with Crippen molar-refractivity contribution in [3.05, 3.63) is 22.4 Å². The zero-order chi connectivity index (χ0) is 15.2. The molecule has 2 amide bonds. The molecule has 0 spiro atoms. The van der Waals surface area contributed by atoms with Gasteiger partial charge in [0, 0.05) is 19.1 Å². The summed E-state index contributed by atoms with van der Waals surface area (Å²) in [5, 5.41) is 4.79. The van der Waals surface area contributed by atoms with E-state index in [0.717, 1.165) is 25.7 Å².